The van der Waals surface area contributed by atoms with E-state index in [4.69, 9.17) is 14.1 Å². The fourth-order valence-corrected chi connectivity index (χ4v) is 5.22. The number of benzene rings is 2. The number of carbonyl (C=O) groups is 1. The van der Waals surface area contributed by atoms with Crippen molar-refractivity contribution in [1.29, 1.82) is 0 Å². The molecule has 0 fully saturated rings. The van der Waals surface area contributed by atoms with E-state index in [0.29, 0.717) is 26.6 Å². The molecule has 0 spiro atoms. The number of ether oxygens (including phenoxy) is 1. The van der Waals surface area contributed by atoms with Gasteiger partial charge in [0.2, 0.25) is 0 Å². The third kappa shape index (κ3) is 4.31. The lowest BCUT2D eigenvalue weighted by Crippen LogP contribution is -2.39. The molecule has 0 saturated heterocycles. The molecule has 1 aliphatic rings. The van der Waals surface area contributed by atoms with Crippen molar-refractivity contribution >= 4 is 29.1 Å². The van der Waals surface area contributed by atoms with Crippen LogP contribution in [0, 0.1) is 13.8 Å². The zero-order valence-electron chi connectivity index (χ0n) is 19.6. The Kier molecular flexibility index (Phi) is 6.09. The van der Waals surface area contributed by atoms with Crippen molar-refractivity contribution in [1.82, 2.24) is 4.57 Å². The van der Waals surface area contributed by atoms with Crippen molar-refractivity contribution in [2.45, 2.75) is 26.8 Å². The van der Waals surface area contributed by atoms with Crippen molar-refractivity contribution in [3.05, 3.63) is 120 Å². The summed E-state index contributed by atoms with van der Waals surface area (Å²) in [7, 11) is 0. The Morgan fingerprint density at radius 2 is 1.91 bits per heavy atom. The number of furan rings is 1. The van der Waals surface area contributed by atoms with E-state index >= 15 is 0 Å². The maximum absolute atomic E-state index is 13.7. The first kappa shape index (κ1) is 22.8. The predicted molar refractivity (Wildman–Crippen MR) is 136 cm³/mol. The highest BCUT2D eigenvalue weighted by atomic mass is 32.1. The standard InChI is InChI=1S/C28H24N2O4S/c1-4-33-27(32)23-24(20-11-6-5-7-12-20)29-28-30(25(23)21-14-13-18(3)34-21)26(31)22(35-28)16-19-10-8-9-17(2)15-19/h5-16,25H,4H2,1-3H3. The molecule has 6 nitrogen and oxygen atoms in total. The summed E-state index contributed by atoms with van der Waals surface area (Å²) >= 11 is 1.29. The number of nitrogens with zero attached hydrogens (tertiary/aromatic N) is 2. The number of esters is 1. The summed E-state index contributed by atoms with van der Waals surface area (Å²) in [6, 6.07) is 20.2. The summed E-state index contributed by atoms with van der Waals surface area (Å²) in [6.07, 6.45) is 1.86. The number of hydrogen-bond donors (Lipinski definition) is 0. The van der Waals surface area contributed by atoms with Gasteiger partial charge in [-0.15, -0.1) is 0 Å². The molecule has 7 heteroatoms. The largest absolute Gasteiger partial charge is 0.464 e. The van der Waals surface area contributed by atoms with Crippen molar-refractivity contribution in [3.8, 4) is 0 Å². The Bertz CT molecular complexity index is 1620. The number of rotatable bonds is 5. The second kappa shape index (κ2) is 9.35. The van der Waals surface area contributed by atoms with Gasteiger partial charge in [0.05, 0.1) is 22.4 Å². The van der Waals surface area contributed by atoms with Crippen LogP contribution in [0.2, 0.25) is 0 Å². The molecule has 0 N–H and O–H groups in total. The molecule has 176 valence electrons. The fourth-order valence-electron chi connectivity index (χ4n) is 4.22. The average Bonchev–Trinajstić information content (AvgIpc) is 3.41. The van der Waals surface area contributed by atoms with Crippen molar-refractivity contribution < 1.29 is 13.9 Å². The van der Waals surface area contributed by atoms with Gasteiger partial charge in [0.15, 0.2) is 4.80 Å². The first-order valence-electron chi connectivity index (χ1n) is 11.4. The molecule has 0 amide bonds. The van der Waals surface area contributed by atoms with Crippen LogP contribution in [-0.4, -0.2) is 17.1 Å². The van der Waals surface area contributed by atoms with Gasteiger partial charge >= 0.3 is 5.97 Å². The minimum atomic E-state index is -0.797. The summed E-state index contributed by atoms with van der Waals surface area (Å²) in [5, 5.41) is 0. The maximum atomic E-state index is 13.7. The van der Waals surface area contributed by atoms with Crippen LogP contribution in [0.25, 0.3) is 11.8 Å². The summed E-state index contributed by atoms with van der Waals surface area (Å²) < 4.78 is 13.5. The van der Waals surface area contributed by atoms with Crippen LogP contribution in [0.15, 0.2) is 86.5 Å². The lowest BCUT2D eigenvalue weighted by atomic mass is 9.97. The number of aromatic nitrogens is 1. The lowest BCUT2D eigenvalue weighted by molar-refractivity contribution is -0.139. The molecule has 0 saturated carbocycles. The minimum absolute atomic E-state index is 0.200. The molecular formula is C28H24N2O4S. The molecule has 2 aromatic carbocycles. The number of hydrogen-bond acceptors (Lipinski definition) is 6. The van der Waals surface area contributed by atoms with Gasteiger partial charge in [0, 0.05) is 5.56 Å². The van der Waals surface area contributed by atoms with Gasteiger partial charge < -0.3 is 9.15 Å². The Labute approximate surface area is 206 Å². The van der Waals surface area contributed by atoms with Gasteiger partial charge in [0.25, 0.3) is 5.56 Å². The van der Waals surface area contributed by atoms with E-state index < -0.39 is 12.0 Å². The normalized spacial score (nSPS) is 15.6. The zero-order chi connectivity index (χ0) is 24.5. The molecular weight excluding hydrogens is 460 g/mol. The minimum Gasteiger partial charge on any atom is -0.464 e. The Balaban J connectivity index is 1.83. The monoisotopic (exact) mass is 484 g/mol. The molecule has 1 unspecified atom stereocenters. The van der Waals surface area contributed by atoms with E-state index in [1.165, 1.54) is 11.3 Å². The molecule has 5 rings (SSSR count). The second-order valence-electron chi connectivity index (χ2n) is 8.29. The summed E-state index contributed by atoms with van der Waals surface area (Å²) in [4.78, 5) is 32.4. The van der Waals surface area contributed by atoms with Crippen LogP contribution in [0.4, 0.5) is 0 Å². The summed E-state index contributed by atoms with van der Waals surface area (Å²) in [6.45, 7) is 5.79. The SMILES string of the molecule is CCOC(=O)C1=C(c2ccccc2)N=c2sc(=Cc3cccc(C)c3)c(=O)n2C1c1ccc(C)o1. The van der Waals surface area contributed by atoms with E-state index in [0.717, 1.165) is 16.7 Å². The number of aryl methyl sites for hydroxylation is 2. The summed E-state index contributed by atoms with van der Waals surface area (Å²) in [5.41, 5.74) is 3.32. The van der Waals surface area contributed by atoms with Crippen LogP contribution in [-0.2, 0) is 9.53 Å². The van der Waals surface area contributed by atoms with Crippen LogP contribution >= 0.6 is 11.3 Å². The van der Waals surface area contributed by atoms with Gasteiger partial charge in [-0.3, -0.25) is 9.36 Å². The number of carbonyl (C=O) groups excluding carboxylic acids is 1. The highest BCUT2D eigenvalue weighted by molar-refractivity contribution is 7.07. The van der Waals surface area contributed by atoms with E-state index in [9.17, 15) is 9.59 Å². The third-order valence-electron chi connectivity index (χ3n) is 5.74. The highest BCUT2D eigenvalue weighted by Crippen LogP contribution is 2.35. The maximum Gasteiger partial charge on any atom is 0.338 e. The van der Waals surface area contributed by atoms with E-state index in [-0.39, 0.29) is 17.7 Å². The van der Waals surface area contributed by atoms with Gasteiger partial charge in [-0.05, 0) is 44.5 Å². The van der Waals surface area contributed by atoms with E-state index in [2.05, 4.69) is 0 Å². The molecule has 4 aromatic rings. The first-order valence-corrected chi connectivity index (χ1v) is 12.2. The van der Waals surface area contributed by atoms with Gasteiger partial charge in [-0.2, -0.15) is 0 Å². The average molecular weight is 485 g/mol. The van der Waals surface area contributed by atoms with E-state index in [1.807, 2.05) is 80.6 Å². The molecule has 1 aliphatic heterocycles. The van der Waals surface area contributed by atoms with Crippen molar-refractivity contribution in [3.63, 3.8) is 0 Å². The topological polar surface area (TPSA) is 73.8 Å². The highest BCUT2D eigenvalue weighted by Gasteiger charge is 2.36. The van der Waals surface area contributed by atoms with Crippen LogP contribution < -0.4 is 14.9 Å². The molecule has 35 heavy (non-hydrogen) atoms. The number of thiazole rings is 1. The molecule has 1 atom stereocenters. The third-order valence-corrected chi connectivity index (χ3v) is 6.73. The van der Waals surface area contributed by atoms with Crippen LogP contribution in [0.5, 0.6) is 0 Å². The zero-order valence-corrected chi connectivity index (χ0v) is 20.5. The number of fused-ring (bicyclic) bond motifs is 1. The summed E-state index contributed by atoms with van der Waals surface area (Å²) in [5.74, 6) is 0.641. The van der Waals surface area contributed by atoms with Gasteiger partial charge in [0.1, 0.15) is 17.6 Å². The first-order chi connectivity index (χ1) is 17.0. The van der Waals surface area contributed by atoms with Crippen LogP contribution in [0.1, 0.15) is 41.2 Å². The molecule has 3 heterocycles. The second-order valence-corrected chi connectivity index (χ2v) is 9.30. The fraction of sp³-hybridized carbons (Fsp3) is 0.179. The molecule has 2 aromatic heterocycles. The predicted octanol–water partition coefficient (Wildman–Crippen LogP) is 4.15. The lowest BCUT2D eigenvalue weighted by Gasteiger charge is -2.24. The molecule has 0 bridgehead atoms. The van der Waals surface area contributed by atoms with Crippen molar-refractivity contribution in [2.24, 2.45) is 4.99 Å². The Morgan fingerprint density at radius 1 is 1.11 bits per heavy atom. The van der Waals surface area contributed by atoms with Gasteiger partial charge in [-0.25, -0.2) is 9.79 Å². The van der Waals surface area contributed by atoms with Crippen LogP contribution in [0.3, 0.4) is 0 Å². The smallest absolute Gasteiger partial charge is 0.338 e. The molecule has 0 aliphatic carbocycles. The molecule has 0 radical (unpaired) electrons. The van der Waals surface area contributed by atoms with Crippen molar-refractivity contribution in [2.75, 3.05) is 6.61 Å². The van der Waals surface area contributed by atoms with Gasteiger partial charge in [-0.1, -0.05) is 71.5 Å². The van der Waals surface area contributed by atoms with E-state index in [1.54, 1.807) is 17.6 Å². The quantitative estimate of drug-likeness (QED) is 0.399. The Morgan fingerprint density at radius 3 is 2.60 bits per heavy atom. The Hall–Kier alpha value is -3.97.